The van der Waals surface area contributed by atoms with Crippen LogP contribution >= 0.6 is 11.3 Å². The highest BCUT2D eigenvalue weighted by Crippen LogP contribution is 2.40. The van der Waals surface area contributed by atoms with Gasteiger partial charge in [-0.25, -0.2) is 0 Å². The van der Waals surface area contributed by atoms with Crippen LogP contribution in [-0.4, -0.2) is 55.5 Å². The van der Waals surface area contributed by atoms with Crippen molar-refractivity contribution in [3.63, 3.8) is 0 Å². The predicted molar refractivity (Wildman–Crippen MR) is 116 cm³/mol. The minimum absolute atomic E-state index is 0.00771. The van der Waals surface area contributed by atoms with E-state index in [1.165, 1.54) is 11.3 Å². The third-order valence-electron chi connectivity index (χ3n) is 6.20. The van der Waals surface area contributed by atoms with Crippen LogP contribution in [0.2, 0.25) is 0 Å². The van der Waals surface area contributed by atoms with E-state index in [1.54, 1.807) is 14.2 Å². The van der Waals surface area contributed by atoms with Gasteiger partial charge in [0.2, 0.25) is 5.91 Å². The van der Waals surface area contributed by atoms with Gasteiger partial charge in [-0.2, -0.15) is 0 Å². The summed E-state index contributed by atoms with van der Waals surface area (Å²) in [6, 6.07) is 9.54. The topological polar surface area (TPSA) is 59.1 Å². The van der Waals surface area contributed by atoms with Gasteiger partial charge in [-0.1, -0.05) is 6.07 Å². The van der Waals surface area contributed by atoms with Crippen molar-refractivity contribution in [2.75, 3.05) is 33.9 Å². The molecule has 2 amide bonds. The third-order valence-corrected chi connectivity index (χ3v) is 7.05. The van der Waals surface area contributed by atoms with Crippen LogP contribution in [0.3, 0.4) is 0 Å². The van der Waals surface area contributed by atoms with Gasteiger partial charge in [0.15, 0.2) is 0 Å². The molecule has 7 heteroatoms. The first-order valence-corrected chi connectivity index (χ1v) is 11.4. The predicted octanol–water partition coefficient (Wildman–Crippen LogP) is 3.98. The summed E-state index contributed by atoms with van der Waals surface area (Å²) < 4.78 is 11.0. The smallest absolute Gasteiger partial charge is 0.263 e. The molecule has 0 unspecified atom stereocenters. The molecule has 2 aliphatic rings. The van der Waals surface area contributed by atoms with Gasteiger partial charge in [-0.3, -0.25) is 9.59 Å². The summed E-state index contributed by atoms with van der Waals surface area (Å²) in [6.45, 7) is 2.03. The molecule has 0 bridgehead atoms. The van der Waals surface area contributed by atoms with Crippen molar-refractivity contribution in [1.82, 2.24) is 9.80 Å². The highest BCUT2D eigenvalue weighted by Gasteiger charge is 2.37. The summed E-state index contributed by atoms with van der Waals surface area (Å²) in [5.74, 6) is 1.80. The van der Waals surface area contributed by atoms with Crippen LogP contribution in [0.5, 0.6) is 11.5 Å². The number of thiophene rings is 1. The van der Waals surface area contributed by atoms with Gasteiger partial charge < -0.3 is 19.3 Å². The van der Waals surface area contributed by atoms with Crippen molar-refractivity contribution < 1.29 is 19.1 Å². The SMILES string of the molecule is COc1ccc(OC)c([C@@H]2CCCN2C(=O)C2CCN(C(=O)c3cccs3)CC2)c1. The van der Waals surface area contributed by atoms with E-state index >= 15 is 0 Å². The molecular weight excluding hydrogens is 400 g/mol. The third kappa shape index (κ3) is 4.03. The van der Waals surface area contributed by atoms with Gasteiger partial charge in [0.05, 0.1) is 25.1 Å². The maximum atomic E-state index is 13.4. The Morgan fingerprint density at radius 3 is 2.50 bits per heavy atom. The lowest BCUT2D eigenvalue weighted by atomic mass is 9.94. The van der Waals surface area contributed by atoms with Gasteiger partial charge in [-0.15, -0.1) is 11.3 Å². The van der Waals surface area contributed by atoms with E-state index in [0.717, 1.165) is 41.3 Å². The van der Waals surface area contributed by atoms with Crippen LogP contribution in [0.4, 0.5) is 0 Å². The standard InChI is InChI=1S/C23H28N2O4S/c1-28-17-7-8-20(29-2)18(15-17)19-5-3-11-25(19)22(26)16-9-12-24(13-10-16)23(27)21-6-4-14-30-21/h4,6-8,14-16,19H,3,5,9-13H2,1-2H3/t19-/m0/s1. The van der Waals surface area contributed by atoms with Gasteiger partial charge in [0.1, 0.15) is 11.5 Å². The van der Waals surface area contributed by atoms with Crippen LogP contribution < -0.4 is 9.47 Å². The van der Waals surface area contributed by atoms with Crippen molar-refractivity contribution in [2.24, 2.45) is 5.92 Å². The number of methoxy groups -OCH3 is 2. The molecule has 6 nitrogen and oxygen atoms in total. The van der Waals surface area contributed by atoms with E-state index < -0.39 is 0 Å². The molecule has 2 saturated heterocycles. The van der Waals surface area contributed by atoms with Crippen LogP contribution in [-0.2, 0) is 4.79 Å². The van der Waals surface area contributed by atoms with Gasteiger partial charge in [0, 0.05) is 31.1 Å². The van der Waals surface area contributed by atoms with E-state index in [2.05, 4.69) is 0 Å². The van der Waals surface area contributed by atoms with E-state index in [-0.39, 0.29) is 23.8 Å². The highest BCUT2D eigenvalue weighted by molar-refractivity contribution is 7.12. The first-order chi connectivity index (χ1) is 14.6. The normalized spacial score (nSPS) is 19.7. The van der Waals surface area contributed by atoms with E-state index in [1.807, 2.05) is 45.5 Å². The number of ether oxygens (including phenoxy) is 2. The molecule has 160 valence electrons. The van der Waals surface area contributed by atoms with E-state index in [9.17, 15) is 9.59 Å². The molecule has 3 heterocycles. The molecule has 0 aliphatic carbocycles. The molecule has 4 rings (SSSR count). The number of rotatable bonds is 5. The molecule has 0 radical (unpaired) electrons. The van der Waals surface area contributed by atoms with Crippen molar-refractivity contribution in [2.45, 2.75) is 31.7 Å². The Hall–Kier alpha value is -2.54. The second-order valence-corrected chi connectivity index (χ2v) is 8.79. The second kappa shape index (κ2) is 9.08. The first-order valence-electron chi connectivity index (χ1n) is 10.5. The Balaban J connectivity index is 1.44. The van der Waals surface area contributed by atoms with Gasteiger partial charge in [0.25, 0.3) is 5.91 Å². The molecule has 30 heavy (non-hydrogen) atoms. The molecule has 0 spiro atoms. The maximum Gasteiger partial charge on any atom is 0.263 e. The van der Waals surface area contributed by atoms with Crippen LogP contribution in [0.25, 0.3) is 0 Å². The van der Waals surface area contributed by atoms with E-state index in [0.29, 0.717) is 25.9 Å². The largest absolute Gasteiger partial charge is 0.497 e. The minimum atomic E-state index is -0.0328. The second-order valence-electron chi connectivity index (χ2n) is 7.84. The zero-order valence-electron chi connectivity index (χ0n) is 17.5. The van der Waals surface area contributed by atoms with Crippen LogP contribution in [0.1, 0.15) is 47.0 Å². The summed E-state index contributed by atoms with van der Waals surface area (Å²) in [6.07, 6.45) is 3.33. The summed E-state index contributed by atoms with van der Waals surface area (Å²) >= 11 is 1.47. The number of benzene rings is 1. The average Bonchev–Trinajstić information content (AvgIpc) is 3.50. The fraction of sp³-hybridized carbons (Fsp3) is 0.478. The fourth-order valence-corrected chi connectivity index (χ4v) is 5.26. The number of nitrogens with zero attached hydrogens (tertiary/aromatic N) is 2. The number of carbonyl (C=O) groups excluding carboxylic acids is 2. The number of hydrogen-bond acceptors (Lipinski definition) is 5. The number of likely N-dealkylation sites (tertiary alicyclic amines) is 2. The number of amides is 2. The fourth-order valence-electron chi connectivity index (χ4n) is 4.57. The molecule has 2 aliphatic heterocycles. The van der Waals surface area contributed by atoms with Gasteiger partial charge >= 0.3 is 0 Å². The number of hydrogen-bond donors (Lipinski definition) is 0. The lowest BCUT2D eigenvalue weighted by Crippen LogP contribution is -2.44. The quantitative estimate of drug-likeness (QED) is 0.723. The average molecular weight is 429 g/mol. The number of carbonyl (C=O) groups is 2. The van der Waals surface area contributed by atoms with E-state index in [4.69, 9.17) is 9.47 Å². The Labute approximate surface area is 181 Å². The van der Waals surface area contributed by atoms with Crippen LogP contribution in [0, 0.1) is 5.92 Å². The molecular formula is C23H28N2O4S. The maximum absolute atomic E-state index is 13.4. The Bertz CT molecular complexity index is 891. The molecule has 1 aromatic heterocycles. The molecule has 1 atom stereocenters. The summed E-state index contributed by atoms with van der Waals surface area (Å²) in [5, 5.41) is 1.92. The van der Waals surface area contributed by atoms with Crippen molar-refractivity contribution in [3.8, 4) is 11.5 Å². The Kier molecular flexibility index (Phi) is 6.27. The monoisotopic (exact) mass is 428 g/mol. The zero-order chi connectivity index (χ0) is 21.1. The summed E-state index contributed by atoms with van der Waals surface area (Å²) in [5.41, 5.74) is 1.01. The van der Waals surface area contributed by atoms with Gasteiger partial charge in [-0.05, 0) is 55.3 Å². The summed E-state index contributed by atoms with van der Waals surface area (Å²) in [4.78, 5) is 30.6. The lowest BCUT2D eigenvalue weighted by molar-refractivity contribution is -0.137. The molecule has 2 fully saturated rings. The summed E-state index contributed by atoms with van der Waals surface area (Å²) in [7, 11) is 3.31. The zero-order valence-corrected chi connectivity index (χ0v) is 18.3. The first kappa shape index (κ1) is 20.7. The van der Waals surface area contributed by atoms with Crippen molar-refractivity contribution in [3.05, 3.63) is 46.2 Å². The Morgan fingerprint density at radius 1 is 1.03 bits per heavy atom. The minimum Gasteiger partial charge on any atom is -0.497 e. The molecule has 2 aromatic rings. The molecule has 0 saturated carbocycles. The highest BCUT2D eigenvalue weighted by atomic mass is 32.1. The Morgan fingerprint density at radius 2 is 1.83 bits per heavy atom. The van der Waals surface area contributed by atoms with Crippen molar-refractivity contribution >= 4 is 23.2 Å². The number of piperidine rings is 1. The van der Waals surface area contributed by atoms with Crippen LogP contribution in [0.15, 0.2) is 35.7 Å². The molecule has 1 aromatic carbocycles. The van der Waals surface area contributed by atoms with Crippen molar-refractivity contribution in [1.29, 1.82) is 0 Å². The lowest BCUT2D eigenvalue weighted by Gasteiger charge is -2.35. The molecule has 0 N–H and O–H groups in total.